The van der Waals surface area contributed by atoms with Crippen LogP contribution in [0.25, 0.3) is 16.6 Å². The molecule has 27 heavy (non-hydrogen) atoms. The number of hydrogen-bond donors (Lipinski definition) is 1. The van der Waals surface area contributed by atoms with Crippen LogP contribution < -0.4 is 5.32 Å². The van der Waals surface area contributed by atoms with Crippen molar-refractivity contribution in [3.63, 3.8) is 0 Å². The van der Waals surface area contributed by atoms with E-state index in [2.05, 4.69) is 20.5 Å². The highest BCUT2D eigenvalue weighted by Gasteiger charge is 2.11. The lowest BCUT2D eigenvalue weighted by molar-refractivity contribution is -0.113. The largest absolute Gasteiger partial charge is 0.325 e. The van der Waals surface area contributed by atoms with Gasteiger partial charge in [0.15, 0.2) is 5.16 Å². The normalized spacial score (nSPS) is 10.9. The van der Waals surface area contributed by atoms with Crippen LogP contribution in [0.1, 0.15) is 5.56 Å². The van der Waals surface area contributed by atoms with E-state index in [0.29, 0.717) is 5.16 Å². The van der Waals surface area contributed by atoms with Gasteiger partial charge in [0.25, 0.3) is 0 Å². The molecule has 4 rings (SSSR count). The van der Waals surface area contributed by atoms with Crippen molar-refractivity contribution in [2.24, 2.45) is 0 Å². The summed E-state index contributed by atoms with van der Waals surface area (Å²) in [5.74, 6) is 0.135. The van der Waals surface area contributed by atoms with E-state index in [0.717, 1.165) is 22.3 Å². The number of hydrogen-bond acceptors (Lipinski definition) is 5. The van der Waals surface area contributed by atoms with Crippen LogP contribution in [-0.4, -0.2) is 31.4 Å². The molecular formula is C20H17N5OS. The van der Waals surface area contributed by atoms with Crippen LogP contribution >= 0.6 is 11.8 Å². The van der Waals surface area contributed by atoms with Gasteiger partial charge in [0.05, 0.1) is 17.0 Å². The highest BCUT2D eigenvalue weighted by molar-refractivity contribution is 7.99. The van der Waals surface area contributed by atoms with Crippen molar-refractivity contribution in [3.8, 4) is 5.69 Å². The minimum Gasteiger partial charge on any atom is -0.325 e. The first kappa shape index (κ1) is 17.2. The van der Waals surface area contributed by atoms with E-state index >= 15 is 0 Å². The predicted molar refractivity (Wildman–Crippen MR) is 107 cm³/mol. The van der Waals surface area contributed by atoms with Gasteiger partial charge in [-0.3, -0.25) is 14.3 Å². The maximum atomic E-state index is 12.4. The summed E-state index contributed by atoms with van der Waals surface area (Å²) >= 11 is 1.35. The molecule has 6 nitrogen and oxygen atoms in total. The van der Waals surface area contributed by atoms with Crippen LogP contribution in [0.5, 0.6) is 0 Å². The Kier molecular flexibility index (Phi) is 4.84. The number of anilines is 1. The van der Waals surface area contributed by atoms with Gasteiger partial charge in [-0.1, -0.05) is 35.5 Å². The SMILES string of the molecule is Cc1ccc(-n2cnnc2SCC(=O)Nc2cccc3ncccc23)cc1. The molecule has 0 aliphatic carbocycles. The second-order valence-corrected chi connectivity index (χ2v) is 6.97. The van der Waals surface area contributed by atoms with Gasteiger partial charge in [-0.2, -0.15) is 0 Å². The van der Waals surface area contributed by atoms with E-state index in [1.54, 1.807) is 12.5 Å². The first-order valence-corrected chi connectivity index (χ1v) is 9.43. The van der Waals surface area contributed by atoms with Gasteiger partial charge in [0, 0.05) is 17.3 Å². The van der Waals surface area contributed by atoms with Crippen molar-refractivity contribution < 1.29 is 4.79 Å². The van der Waals surface area contributed by atoms with E-state index in [4.69, 9.17) is 0 Å². The topological polar surface area (TPSA) is 72.7 Å². The molecule has 2 aromatic carbocycles. The van der Waals surface area contributed by atoms with Crippen molar-refractivity contribution >= 4 is 34.3 Å². The molecule has 1 amide bonds. The van der Waals surface area contributed by atoms with E-state index in [-0.39, 0.29) is 11.7 Å². The number of benzene rings is 2. The summed E-state index contributed by atoms with van der Waals surface area (Å²) in [5, 5.41) is 12.7. The molecule has 0 bridgehead atoms. The number of rotatable bonds is 5. The van der Waals surface area contributed by atoms with Gasteiger partial charge in [0.1, 0.15) is 6.33 Å². The Bertz CT molecular complexity index is 1090. The van der Waals surface area contributed by atoms with Crippen LogP contribution in [0.3, 0.4) is 0 Å². The molecule has 134 valence electrons. The molecule has 0 radical (unpaired) electrons. The quantitative estimate of drug-likeness (QED) is 0.536. The average Bonchev–Trinajstić information content (AvgIpc) is 3.16. The molecule has 4 aromatic rings. The smallest absolute Gasteiger partial charge is 0.234 e. The molecule has 0 saturated heterocycles. The number of aryl methyl sites for hydroxylation is 1. The first-order valence-electron chi connectivity index (χ1n) is 8.44. The number of aromatic nitrogens is 4. The lowest BCUT2D eigenvalue weighted by Crippen LogP contribution is -2.14. The van der Waals surface area contributed by atoms with E-state index in [9.17, 15) is 4.79 Å². The lowest BCUT2D eigenvalue weighted by atomic mass is 10.2. The number of carbonyl (C=O) groups is 1. The zero-order chi connectivity index (χ0) is 18.6. The molecule has 0 unspecified atom stereocenters. The summed E-state index contributed by atoms with van der Waals surface area (Å²) in [6.07, 6.45) is 3.39. The highest BCUT2D eigenvalue weighted by Crippen LogP contribution is 2.23. The number of carbonyl (C=O) groups excluding carboxylic acids is 1. The summed E-state index contributed by atoms with van der Waals surface area (Å²) in [5.41, 5.74) is 3.76. The molecule has 2 heterocycles. The average molecular weight is 375 g/mol. The Morgan fingerprint density at radius 3 is 2.81 bits per heavy atom. The molecule has 7 heteroatoms. The van der Waals surface area contributed by atoms with Crippen LogP contribution in [-0.2, 0) is 4.79 Å². The van der Waals surface area contributed by atoms with Gasteiger partial charge in [-0.15, -0.1) is 10.2 Å². The maximum Gasteiger partial charge on any atom is 0.234 e. The first-order chi connectivity index (χ1) is 13.2. The maximum absolute atomic E-state index is 12.4. The summed E-state index contributed by atoms with van der Waals surface area (Å²) < 4.78 is 1.87. The monoisotopic (exact) mass is 375 g/mol. The summed E-state index contributed by atoms with van der Waals surface area (Å²) in [4.78, 5) is 16.7. The second-order valence-electron chi connectivity index (χ2n) is 6.03. The molecule has 1 N–H and O–H groups in total. The van der Waals surface area contributed by atoms with Crippen molar-refractivity contribution in [2.75, 3.05) is 11.1 Å². The fourth-order valence-corrected chi connectivity index (χ4v) is 3.46. The van der Waals surface area contributed by atoms with Gasteiger partial charge in [0.2, 0.25) is 5.91 Å². The third-order valence-electron chi connectivity index (χ3n) is 4.08. The molecule has 0 aliphatic heterocycles. The zero-order valence-electron chi connectivity index (χ0n) is 14.7. The molecule has 2 aromatic heterocycles. The second kappa shape index (κ2) is 7.59. The number of pyridine rings is 1. The van der Waals surface area contributed by atoms with E-state index in [1.807, 2.05) is 66.1 Å². The van der Waals surface area contributed by atoms with Crippen molar-refractivity contribution in [1.29, 1.82) is 0 Å². The van der Waals surface area contributed by atoms with E-state index in [1.165, 1.54) is 17.3 Å². The Hall–Kier alpha value is -3.19. The minimum absolute atomic E-state index is 0.102. The van der Waals surface area contributed by atoms with Gasteiger partial charge in [-0.25, -0.2) is 0 Å². The van der Waals surface area contributed by atoms with Crippen LogP contribution in [0.15, 0.2) is 72.3 Å². The van der Waals surface area contributed by atoms with Crippen molar-refractivity contribution in [3.05, 3.63) is 72.7 Å². The number of fused-ring (bicyclic) bond motifs is 1. The number of nitrogens with zero attached hydrogens (tertiary/aromatic N) is 4. The zero-order valence-corrected chi connectivity index (χ0v) is 15.5. The van der Waals surface area contributed by atoms with Crippen LogP contribution in [0.2, 0.25) is 0 Å². The fourth-order valence-electron chi connectivity index (χ4n) is 2.73. The Balaban J connectivity index is 1.46. The molecule has 0 saturated carbocycles. The standard InChI is InChI=1S/C20H17N5OS/c1-14-7-9-15(10-8-14)25-13-22-24-20(25)27-12-19(26)23-18-6-2-5-17-16(18)4-3-11-21-17/h2-11,13H,12H2,1H3,(H,23,26). The van der Waals surface area contributed by atoms with E-state index < -0.39 is 0 Å². The number of nitrogens with one attached hydrogen (secondary N) is 1. The predicted octanol–water partition coefficient (Wildman–Crippen LogP) is 3.85. The molecular weight excluding hydrogens is 358 g/mol. The molecule has 0 atom stereocenters. The number of amides is 1. The highest BCUT2D eigenvalue weighted by atomic mass is 32.2. The summed E-state index contributed by atoms with van der Waals surface area (Å²) in [6.45, 7) is 2.04. The van der Waals surface area contributed by atoms with Crippen molar-refractivity contribution in [2.45, 2.75) is 12.1 Å². The summed E-state index contributed by atoms with van der Waals surface area (Å²) in [7, 11) is 0. The van der Waals surface area contributed by atoms with Crippen LogP contribution in [0, 0.1) is 6.92 Å². The minimum atomic E-state index is -0.102. The van der Waals surface area contributed by atoms with Gasteiger partial charge in [-0.05, 0) is 43.3 Å². The van der Waals surface area contributed by atoms with Crippen molar-refractivity contribution in [1.82, 2.24) is 19.7 Å². The van der Waals surface area contributed by atoms with Gasteiger partial charge < -0.3 is 5.32 Å². The molecule has 0 spiro atoms. The lowest BCUT2D eigenvalue weighted by Gasteiger charge is -2.09. The fraction of sp³-hybridized carbons (Fsp3) is 0.100. The third kappa shape index (κ3) is 3.83. The molecule has 0 fully saturated rings. The number of thioether (sulfide) groups is 1. The van der Waals surface area contributed by atoms with Gasteiger partial charge >= 0.3 is 0 Å². The Labute approximate surface area is 160 Å². The Morgan fingerprint density at radius 1 is 1.11 bits per heavy atom. The summed E-state index contributed by atoms with van der Waals surface area (Å²) in [6, 6.07) is 17.6. The molecule has 0 aliphatic rings. The van der Waals surface area contributed by atoms with Crippen LogP contribution in [0.4, 0.5) is 5.69 Å². The third-order valence-corrected chi connectivity index (χ3v) is 5.02. The Morgan fingerprint density at radius 2 is 1.96 bits per heavy atom.